The number of hydrogen-bond acceptors (Lipinski definition) is 4. The van der Waals surface area contributed by atoms with Crippen LogP contribution in [-0.2, 0) is 0 Å². The van der Waals surface area contributed by atoms with Gasteiger partial charge in [-0.1, -0.05) is 6.07 Å². The van der Waals surface area contributed by atoms with E-state index in [-0.39, 0.29) is 11.8 Å². The molecule has 0 aromatic heterocycles. The zero-order valence-corrected chi connectivity index (χ0v) is 12.8. The van der Waals surface area contributed by atoms with Crippen molar-refractivity contribution < 1.29 is 14.9 Å². The van der Waals surface area contributed by atoms with Gasteiger partial charge in [-0.25, -0.2) is 0 Å². The Morgan fingerprint density at radius 3 is 2.43 bits per heavy atom. The monoisotopic (exact) mass is 287 g/mol. The third-order valence-corrected chi connectivity index (χ3v) is 3.71. The Balaban J connectivity index is 2.26. The molecule has 0 aliphatic heterocycles. The fraction of sp³-hybridized carbons (Fsp3) is 0.294. The molecule has 4 nitrogen and oxygen atoms in total. The second-order valence-corrected chi connectivity index (χ2v) is 5.19. The maximum atomic E-state index is 10.1. The molecule has 0 aliphatic rings. The molecule has 0 amide bonds. The van der Waals surface area contributed by atoms with Crippen molar-refractivity contribution in [3.63, 3.8) is 0 Å². The minimum Gasteiger partial charge on any atom is -0.507 e. The molecule has 2 rings (SSSR count). The molecule has 0 aliphatic carbocycles. The van der Waals surface area contributed by atoms with Crippen LogP contribution in [0.25, 0.3) is 0 Å². The lowest BCUT2D eigenvalue weighted by Crippen LogP contribution is -2.08. The normalized spacial score (nSPS) is 12.0. The van der Waals surface area contributed by atoms with Crippen LogP contribution in [0.2, 0.25) is 0 Å². The predicted octanol–water partition coefficient (Wildman–Crippen LogP) is 3.90. The average Bonchev–Trinajstić information content (AvgIpc) is 2.47. The average molecular weight is 287 g/mol. The molecule has 21 heavy (non-hydrogen) atoms. The summed E-state index contributed by atoms with van der Waals surface area (Å²) in [4.78, 5) is 0. The van der Waals surface area contributed by atoms with E-state index in [4.69, 9.17) is 4.74 Å². The SMILES string of the molecule is COc1ccc(C(C)Nc2ccc(C)c(O)c2C)c(O)c1. The minimum absolute atomic E-state index is 0.100. The van der Waals surface area contributed by atoms with Crippen molar-refractivity contribution in [3.05, 3.63) is 47.0 Å². The highest BCUT2D eigenvalue weighted by atomic mass is 16.5. The zero-order valence-electron chi connectivity index (χ0n) is 12.8. The molecule has 2 aromatic carbocycles. The van der Waals surface area contributed by atoms with Gasteiger partial charge in [0.2, 0.25) is 0 Å². The van der Waals surface area contributed by atoms with Crippen LogP contribution < -0.4 is 10.1 Å². The molecule has 4 heteroatoms. The van der Waals surface area contributed by atoms with Crippen LogP contribution in [0.4, 0.5) is 5.69 Å². The van der Waals surface area contributed by atoms with Crippen LogP contribution >= 0.6 is 0 Å². The third kappa shape index (κ3) is 3.05. The number of aryl methyl sites for hydroxylation is 1. The summed E-state index contributed by atoms with van der Waals surface area (Å²) in [6.07, 6.45) is 0. The Morgan fingerprint density at radius 1 is 1.10 bits per heavy atom. The third-order valence-electron chi connectivity index (χ3n) is 3.71. The van der Waals surface area contributed by atoms with Gasteiger partial charge < -0.3 is 20.3 Å². The number of ether oxygens (including phenoxy) is 1. The van der Waals surface area contributed by atoms with Gasteiger partial charge in [0.15, 0.2) is 0 Å². The Morgan fingerprint density at radius 2 is 1.81 bits per heavy atom. The van der Waals surface area contributed by atoms with Crippen molar-refractivity contribution in [3.8, 4) is 17.2 Å². The summed E-state index contributed by atoms with van der Waals surface area (Å²) >= 11 is 0. The number of phenols is 2. The zero-order chi connectivity index (χ0) is 15.6. The van der Waals surface area contributed by atoms with Gasteiger partial charge in [0.1, 0.15) is 17.2 Å². The fourth-order valence-electron chi connectivity index (χ4n) is 2.32. The number of rotatable bonds is 4. The molecule has 2 aromatic rings. The first kappa shape index (κ1) is 15.0. The maximum absolute atomic E-state index is 10.1. The molecule has 0 saturated heterocycles. The smallest absolute Gasteiger partial charge is 0.124 e. The molecule has 112 valence electrons. The van der Waals surface area contributed by atoms with E-state index in [1.165, 1.54) is 0 Å². The van der Waals surface area contributed by atoms with Crippen molar-refractivity contribution in [2.45, 2.75) is 26.8 Å². The largest absolute Gasteiger partial charge is 0.507 e. The van der Waals surface area contributed by atoms with Gasteiger partial charge in [-0.05, 0) is 44.5 Å². The Bertz CT molecular complexity index is 653. The van der Waals surface area contributed by atoms with E-state index in [0.717, 1.165) is 22.4 Å². The number of aromatic hydroxyl groups is 2. The van der Waals surface area contributed by atoms with Crippen LogP contribution in [0.15, 0.2) is 30.3 Å². The molecule has 3 N–H and O–H groups in total. The van der Waals surface area contributed by atoms with Gasteiger partial charge in [0.05, 0.1) is 13.2 Å². The second-order valence-electron chi connectivity index (χ2n) is 5.19. The van der Waals surface area contributed by atoms with Crippen LogP contribution in [0.1, 0.15) is 29.7 Å². The van der Waals surface area contributed by atoms with E-state index in [0.29, 0.717) is 11.5 Å². The van der Waals surface area contributed by atoms with Crippen LogP contribution in [0, 0.1) is 13.8 Å². The van der Waals surface area contributed by atoms with Gasteiger partial charge in [0, 0.05) is 22.9 Å². The summed E-state index contributed by atoms with van der Waals surface area (Å²) in [5.41, 5.74) is 3.27. The van der Waals surface area contributed by atoms with Crippen molar-refractivity contribution in [1.29, 1.82) is 0 Å². The van der Waals surface area contributed by atoms with E-state index in [9.17, 15) is 10.2 Å². The Hall–Kier alpha value is -2.36. The number of benzene rings is 2. The van der Waals surface area contributed by atoms with Crippen LogP contribution in [-0.4, -0.2) is 17.3 Å². The lowest BCUT2D eigenvalue weighted by Gasteiger charge is -2.20. The van der Waals surface area contributed by atoms with E-state index in [1.807, 2.05) is 45.0 Å². The van der Waals surface area contributed by atoms with E-state index >= 15 is 0 Å². The number of phenolic OH excluding ortho intramolecular Hbond substituents is 2. The summed E-state index contributed by atoms with van der Waals surface area (Å²) in [5, 5.41) is 23.4. The number of methoxy groups -OCH3 is 1. The lowest BCUT2D eigenvalue weighted by molar-refractivity contribution is 0.406. The molecule has 1 atom stereocenters. The molecule has 0 heterocycles. The summed E-state index contributed by atoms with van der Waals surface area (Å²) in [5.74, 6) is 1.10. The first-order valence-electron chi connectivity index (χ1n) is 6.86. The predicted molar refractivity (Wildman–Crippen MR) is 84.3 cm³/mol. The molecule has 0 radical (unpaired) electrons. The quantitative estimate of drug-likeness (QED) is 0.798. The van der Waals surface area contributed by atoms with Gasteiger partial charge in [-0.2, -0.15) is 0 Å². The first-order chi connectivity index (χ1) is 9.93. The van der Waals surface area contributed by atoms with Crippen LogP contribution in [0.3, 0.4) is 0 Å². The molecule has 0 spiro atoms. The molecule has 0 saturated carbocycles. The number of nitrogens with one attached hydrogen (secondary N) is 1. The van der Waals surface area contributed by atoms with Crippen molar-refractivity contribution in [2.75, 3.05) is 12.4 Å². The second kappa shape index (κ2) is 5.95. The highest BCUT2D eigenvalue weighted by Gasteiger charge is 2.13. The minimum atomic E-state index is -0.100. The highest BCUT2D eigenvalue weighted by molar-refractivity contribution is 5.60. The van der Waals surface area contributed by atoms with Crippen molar-refractivity contribution >= 4 is 5.69 Å². The Kier molecular flexibility index (Phi) is 4.26. The van der Waals surface area contributed by atoms with E-state index < -0.39 is 0 Å². The number of anilines is 1. The topological polar surface area (TPSA) is 61.7 Å². The standard InChI is InChI=1S/C17H21NO3/c1-10-5-8-15(11(2)17(10)20)18-12(3)14-7-6-13(21-4)9-16(14)19/h5-9,12,18-20H,1-4H3. The Labute approximate surface area is 125 Å². The highest BCUT2D eigenvalue weighted by Crippen LogP contribution is 2.33. The van der Waals surface area contributed by atoms with Gasteiger partial charge >= 0.3 is 0 Å². The van der Waals surface area contributed by atoms with Gasteiger partial charge in [0.25, 0.3) is 0 Å². The molecule has 0 bridgehead atoms. The van der Waals surface area contributed by atoms with E-state index in [1.54, 1.807) is 13.2 Å². The summed E-state index contributed by atoms with van der Waals surface area (Å²) in [7, 11) is 1.56. The summed E-state index contributed by atoms with van der Waals surface area (Å²) in [6.45, 7) is 5.69. The van der Waals surface area contributed by atoms with E-state index in [2.05, 4.69) is 5.32 Å². The lowest BCUT2D eigenvalue weighted by atomic mass is 10.0. The molecular weight excluding hydrogens is 266 g/mol. The van der Waals surface area contributed by atoms with Crippen LogP contribution in [0.5, 0.6) is 17.2 Å². The van der Waals surface area contributed by atoms with Crippen molar-refractivity contribution in [2.24, 2.45) is 0 Å². The number of hydrogen-bond donors (Lipinski definition) is 3. The molecule has 1 unspecified atom stereocenters. The van der Waals surface area contributed by atoms with Gasteiger partial charge in [-0.3, -0.25) is 0 Å². The maximum Gasteiger partial charge on any atom is 0.124 e. The summed E-state index contributed by atoms with van der Waals surface area (Å²) in [6, 6.07) is 8.93. The molecule has 0 fully saturated rings. The first-order valence-corrected chi connectivity index (χ1v) is 6.86. The van der Waals surface area contributed by atoms with Crippen molar-refractivity contribution in [1.82, 2.24) is 0 Å². The fourth-order valence-corrected chi connectivity index (χ4v) is 2.32. The molecular formula is C17H21NO3. The summed E-state index contributed by atoms with van der Waals surface area (Å²) < 4.78 is 5.08. The van der Waals surface area contributed by atoms with Gasteiger partial charge in [-0.15, -0.1) is 0 Å².